The van der Waals surface area contributed by atoms with Gasteiger partial charge >= 0.3 is 6.09 Å². The Hall–Kier alpha value is -2.41. The topological polar surface area (TPSA) is 80.3 Å². The van der Waals surface area contributed by atoms with E-state index < -0.39 is 6.09 Å². The Balaban J connectivity index is 1.91. The summed E-state index contributed by atoms with van der Waals surface area (Å²) in [6.45, 7) is 3.95. The molecule has 0 radical (unpaired) electrons. The maximum atomic E-state index is 12.0. The second-order valence-electron chi connectivity index (χ2n) is 4.53. The van der Waals surface area contributed by atoms with E-state index in [-0.39, 0.29) is 12.3 Å². The van der Waals surface area contributed by atoms with E-state index in [4.69, 9.17) is 4.74 Å². The molecule has 22 heavy (non-hydrogen) atoms. The zero-order valence-corrected chi connectivity index (χ0v) is 13.2. The third-order valence-corrected chi connectivity index (χ3v) is 3.60. The van der Waals surface area contributed by atoms with Crippen LogP contribution in [0.25, 0.3) is 0 Å². The van der Waals surface area contributed by atoms with Gasteiger partial charge in [-0.2, -0.15) is 0 Å². The van der Waals surface area contributed by atoms with E-state index in [1.165, 1.54) is 11.3 Å². The van der Waals surface area contributed by atoms with E-state index in [1.807, 2.05) is 31.2 Å². The van der Waals surface area contributed by atoms with Gasteiger partial charge in [-0.3, -0.25) is 10.1 Å². The molecule has 0 bridgehead atoms. The van der Waals surface area contributed by atoms with Crippen LogP contribution in [0.3, 0.4) is 0 Å². The van der Waals surface area contributed by atoms with E-state index in [0.717, 1.165) is 11.3 Å². The van der Waals surface area contributed by atoms with Gasteiger partial charge in [0.05, 0.1) is 18.7 Å². The molecule has 2 amide bonds. The molecule has 1 aromatic carbocycles. The number of thiazole rings is 1. The van der Waals surface area contributed by atoms with Crippen molar-refractivity contribution in [1.29, 1.82) is 0 Å². The summed E-state index contributed by atoms with van der Waals surface area (Å²) in [4.78, 5) is 27.5. The van der Waals surface area contributed by atoms with Crippen LogP contribution >= 0.6 is 11.3 Å². The number of anilines is 2. The zero-order valence-electron chi connectivity index (χ0n) is 12.4. The van der Waals surface area contributed by atoms with Crippen LogP contribution < -0.4 is 10.6 Å². The van der Waals surface area contributed by atoms with E-state index in [2.05, 4.69) is 15.6 Å². The van der Waals surface area contributed by atoms with Crippen molar-refractivity contribution in [2.24, 2.45) is 0 Å². The molecule has 1 heterocycles. The van der Waals surface area contributed by atoms with Crippen LogP contribution in [0, 0.1) is 6.92 Å². The molecule has 7 heteroatoms. The van der Waals surface area contributed by atoms with Gasteiger partial charge in [0, 0.05) is 11.1 Å². The first-order valence-corrected chi connectivity index (χ1v) is 7.70. The van der Waals surface area contributed by atoms with Crippen molar-refractivity contribution in [3.8, 4) is 0 Å². The summed E-state index contributed by atoms with van der Waals surface area (Å²) in [6.07, 6.45) is -0.400. The molecule has 1 aromatic heterocycles. The Kier molecular flexibility index (Phi) is 5.48. The highest BCUT2D eigenvalue weighted by Crippen LogP contribution is 2.17. The monoisotopic (exact) mass is 319 g/mol. The molecule has 0 unspecified atom stereocenters. The highest BCUT2D eigenvalue weighted by molar-refractivity contribution is 7.13. The van der Waals surface area contributed by atoms with Gasteiger partial charge in [-0.05, 0) is 25.5 Å². The van der Waals surface area contributed by atoms with Crippen LogP contribution in [0.15, 0.2) is 29.6 Å². The Morgan fingerprint density at radius 2 is 2.05 bits per heavy atom. The molecule has 116 valence electrons. The summed E-state index contributed by atoms with van der Waals surface area (Å²) in [5.74, 6) is -0.151. The minimum absolute atomic E-state index is 0.148. The number of benzene rings is 1. The third-order valence-electron chi connectivity index (χ3n) is 2.80. The van der Waals surface area contributed by atoms with Crippen LogP contribution in [0.2, 0.25) is 0 Å². The van der Waals surface area contributed by atoms with Crippen molar-refractivity contribution >= 4 is 34.2 Å². The maximum Gasteiger partial charge on any atom is 0.413 e. The number of nitrogens with zero attached hydrogens (tertiary/aromatic N) is 1. The molecule has 0 fully saturated rings. The Morgan fingerprint density at radius 3 is 2.77 bits per heavy atom. The van der Waals surface area contributed by atoms with E-state index >= 15 is 0 Å². The van der Waals surface area contributed by atoms with Crippen LogP contribution in [0.1, 0.15) is 18.2 Å². The van der Waals surface area contributed by atoms with Gasteiger partial charge in [-0.25, -0.2) is 9.78 Å². The van der Waals surface area contributed by atoms with Gasteiger partial charge in [-0.1, -0.05) is 18.2 Å². The number of amides is 2. The van der Waals surface area contributed by atoms with Crippen molar-refractivity contribution in [3.05, 3.63) is 40.9 Å². The number of aryl methyl sites for hydroxylation is 1. The number of carbonyl (C=O) groups is 2. The number of hydrogen-bond acceptors (Lipinski definition) is 5. The second-order valence-corrected chi connectivity index (χ2v) is 5.39. The molecule has 2 N–H and O–H groups in total. The standard InChI is InChI=1S/C15H17N3O3S/c1-3-21-15(20)18-14-16-11(9-22-14)8-13(19)17-12-7-5-4-6-10(12)2/h4-7,9H,3,8H2,1-2H3,(H,17,19)(H,16,18,20). The molecule has 0 aliphatic rings. The number of ether oxygens (including phenoxy) is 1. The molecule has 0 aliphatic carbocycles. The fourth-order valence-electron chi connectivity index (χ4n) is 1.77. The van der Waals surface area contributed by atoms with Gasteiger partial charge in [0.1, 0.15) is 0 Å². The number of hydrogen-bond donors (Lipinski definition) is 2. The lowest BCUT2D eigenvalue weighted by atomic mass is 10.2. The predicted molar refractivity (Wildman–Crippen MR) is 86.3 cm³/mol. The van der Waals surface area contributed by atoms with Gasteiger partial charge in [0.25, 0.3) is 0 Å². The second kappa shape index (κ2) is 7.56. The van der Waals surface area contributed by atoms with Crippen LogP contribution in [-0.4, -0.2) is 23.6 Å². The Labute approximate surface area is 132 Å². The molecular weight excluding hydrogens is 302 g/mol. The number of aromatic nitrogens is 1. The first-order chi connectivity index (χ1) is 10.6. The molecule has 2 aromatic rings. The minimum Gasteiger partial charge on any atom is -0.450 e. The Bertz CT molecular complexity index is 670. The molecule has 0 spiro atoms. The maximum absolute atomic E-state index is 12.0. The first kappa shape index (κ1) is 16.0. The summed E-state index contributed by atoms with van der Waals surface area (Å²) >= 11 is 1.25. The summed E-state index contributed by atoms with van der Waals surface area (Å²) in [7, 11) is 0. The fourth-order valence-corrected chi connectivity index (χ4v) is 2.47. The highest BCUT2D eigenvalue weighted by atomic mass is 32.1. The van der Waals surface area contributed by atoms with Gasteiger partial charge in [0.2, 0.25) is 5.91 Å². The predicted octanol–water partition coefficient (Wildman–Crippen LogP) is 3.20. The molecule has 0 saturated carbocycles. The molecule has 0 saturated heterocycles. The average molecular weight is 319 g/mol. The number of rotatable bonds is 5. The smallest absolute Gasteiger partial charge is 0.413 e. The van der Waals surface area contributed by atoms with Crippen LogP contribution in [-0.2, 0) is 16.0 Å². The summed E-state index contributed by atoms with van der Waals surface area (Å²) in [6, 6.07) is 7.56. The number of para-hydroxylation sites is 1. The van der Waals surface area contributed by atoms with Crippen LogP contribution in [0.5, 0.6) is 0 Å². The fraction of sp³-hybridized carbons (Fsp3) is 0.267. The van der Waals surface area contributed by atoms with Crippen molar-refractivity contribution in [2.75, 3.05) is 17.2 Å². The number of nitrogens with one attached hydrogen (secondary N) is 2. The lowest BCUT2D eigenvalue weighted by Gasteiger charge is -2.06. The lowest BCUT2D eigenvalue weighted by Crippen LogP contribution is -2.16. The van der Waals surface area contributed by atoms with Crippen LogP contribution in [0.4, 0.5) is 15.6 Å². The van der Waals surface area contributed by atoms with E-state index in [1.54, 1.807) is 12.3 Å². The van der Waals surface area contributed by atoms with Crippen molar-refractivity contribution < 1.29 is 14.3 Å². The highest BCUT2D eigenvalue weighted by Gasteiger charge is 2.11. The minimum atomic E-state index is -0.548. The molecule has 0 aliphatic heterocycles. The summed E-state index contributed by atoms with van der Waals surface area (Å²) < 4.78 is 4.77. The molecular formula is C15H17N3O3S. The first-order valence-electron chi connectivity index (χ1n) is 6.82. The van der Waals surface area contributed by atoms with Crippen molar-refractivity contribution in [3.63, 3.8) is 0 Å². The van der Waals surface area contributed by atoms with E-state index in [9.17, 15) is 9.59 Å². The van der Waals surface area contributed by atoms with Gasteiger partial charge in [-0.15, -0.1) is 11.3 Å². The number of carbonyl (C=O) groups excluding carboxylic acids is 2. The van der Waals surface area contributed by atoms with Gasteiger partial charge < -0.3 is 10.1 Å². The SMILES string of the molecule is CCOC(=O)Nc1nc(CC(=O)Nc2ccccc2C)cs1. The van der Waals surface area contributed by atoms with Crippen molar-refractivity contribution in [1.82, 2.24) is 4.98 Å². The lowest BCUT2D eigenvalue weighted by molar-refractivity contribution is -0.115. The largest absolute Gasteiger partial charge is 0.450 e. The summed E-state index contributed by atoms with van der Waals surface area (Å²) in [5.41, 5.74) is 2.38. The van der Waals surface area contributed by atoms with E-state index in [0.29, 0.717) is 17.4 Å². The van der Waals surface area contributed by atoms with Crippen molar-refractivity contribution in [2.45, 2.75) is 20.3 Å². The molecule has 0 atom stereocenters. The molecule has 2 rings (SSSR count). The average Bonchev–Trinajstić information content (AvgIpc) is 2.88. The third kappa shape index (κ3) is 4.56. The normalized spacial score (nSPS) is 10.1. The Morgan fingerprint density at radius 1 is 1.27 bits per heavy atom. The zero-order chi connectivity index (χ0) is 15.9. The van der Waals surface area contributed by atoms with Gasteiger partial charge in [0.15, 0.2) is 5.13 Å². The quantitative estimate of drug-likeness (QED) is 0.887. The molecule has 6 nitrogen and oxygen atoms in total. The summed E-state index contributed by atoms with van der Waals surface area (Å²) in [5, 5.41) is 7.50.